The smallest absolute Gasteiger partial charge is 0.0765 e. The van der Waals surface area contributed by atoms with Gasteiger partial charge in [0.1, 0.15) is 0 Å². The van der Waals surface area contributed by atoms with Crippen molar-refractivity contribution in [3.8, 4) is 0 Å². The molecule has 56 valence electrons. The van der Waals surface area contributed by atoms with E-state index >= 15 is 0 Å². The van der Waals surface area contributed by atoms with Gasteiger partial charge in [-0.1, -0.05) is 19.8 Å². The molecule has 0 fully saturated rings. The van der Waals surface area contributed by atoms with Crippen LogP contribution < -0.4 is 11.5 Å². The monoisotopic (exact) mass is 131 g/mol. The second-order valence-corrected chi connectivity index (χ2v) is 1.66. The van der Waals surface area contributed by atoms with E-state index in [1.807, 2.05) is 0 Å². The molecule has 0 unspecified atom stereocenters. The summed E-state index contributed by atoms with van der Waals surface area (Å²) < 4.78 is 0. The maximum absolute atomic E-state index is 5.86. The molecule has 0 atom stereocenters. The van der Waals surface area contributed by atoms with E-state index in [9.17, 15) is 0 Å². The molecule has 3 heteroatoms. The maximum Gasteiger partial charge on any atom is 0.0765 e. The van der Waals surface area contributed by atoms with Crippen LogP contribution in [0, 0.1) is 5.41 Å². The van der Waals surface area contributed by atoms with E-state index in [4.69, 9.17) is 11.1 Å². The van der Waals surface area contributed by atoms with Crippen LogP contribution >= 0.6 is 0 Å². The summed E-state index contributed by atoms with van der Waals surface area (Å²) in [5, 5.41) is 5.86. The summed E-state index contributed by atoms with van der Waals surface area (Å²) >= 11 is 0. The summed E-state index contributed by atoms with van der Waals surface area (Å²) in [6.07, 6.45) is 4.50. The molecular weight excluding hydrogens is 114 g/mol. The third kappa shape index (κ3) is 37.1. The molecule has 0 bridgehead atoms. The Morgan fingerprint density at radius 2 is 1.89 bits per heavy atom. The standard InChI is InChI=1S/C5H13N.CH4N2/c1-2-3-4-5-6;2-1-3/h2-6H2,1H3;1H,(H3,2,3). The fourth-order valence-corrected chi connectivity index (χ4v) is 0.394. The van der Waals surface area contributed by atoms with E-state index in [1.165, 1.54) is 19.3 Å². The molecule has 9 heavy (non-hydrogen) atoms. The molecule has 0 radical (unpaired) electrons. The van der Waals surface area contributed by atoms with Crippen LogP contribution in [0.2, 0.25) is 0 Å². The molecular formula is C6H17N3. The lowest BCUT2D eigenvalue weighted by atomic mass is 10.3. The van der Waals surface area contributed by atoms with E-state index in [0.717, 1.165) is 12.9 Å². The number of nitrogens with one attached hydrogen (secondary N) is 1. The summed E-state index contributed by atoms with van der Waals surface area (Å²) in [5.41, 5.74) is 9.60. The highest BCUT2D eigenvalue weighted by Crippen LogP contribution is 1.88. The Morgan fingerprint density at radius 1 is 1.44 bits per heavy atom. The fourth-order valence-electron chi connectivity index (χ4n) is 0.394. The minimum Gasteiger partial charge on any atom is -0.390 e. The molecule has 0 saturated carbocycles. The van der Waals surface area contributed by atoms with Gasteiger partial charge >= 0.3 is 0 Å². The Bertz CT molecular complexity index is 41.6. The lowest BCUT2D eigenvalue weighted by Gasteiger charge is -1.86. The van der Waals surface area contributed by atoms with Crippen molar-refractivity contribution in [1.29, 1.82) is 5.41 Å². The first-order valence-electron chi connectivity index (χ1n) is 3.24. The zero-order valence-electron chi connectivity index (χ0n) is 6.06. The maximum atomic E-state index is 5.86. The van der Waals surface area contributed by atoms with Crippen molar-refractivity contribution in [2.45, 2.75) is 26.2 Å². The van der Waals surface area contributed by atoms with Crippen molar-refractivity contribution in [2.24, 2.45) is 11.5 Å². The average molecular weight is 131 g/mol. The minimum absolute atomic E-state index is 0.750. The van der Waals surface area contributed by atoms with Crippen LogP contribution in [0.25, 0.3) is 0 Å². The summed E-state index contributed by atoms with van der Waals surface area (Å²) in [6.45, 7) is 3.03. The summed E-state index contributed by atoms with van der Waals surface area (Å²) in [7, 11) is 0. The van der Waals surface area contributed by atoms with Gasteiger partial charge in [-0.05, 0) is 13.0 Å². The van der Waals surface area contributed by atoms with Gasteiger partial charge in [0.05, 0.1) is 6.34 Å². The second kappa shape index (κ2) is 15.7. The van der Waals surface area contributed by atoms with Crippen molar-refractivity contribution in [1.82, 2.24) is 0 Å². The quantitative estimate of drug-likeness (QED) is 0.299. The van der Waals surface area contributed by atoms with Crippen molar-refractivity contribution >= 4 is 6.34 Å². The number of hydrogen-bond acceptors (Lipinski definition) is 2. The predicted molar refractivity (Wildman–Crippen MR) is 41.6 cm³/mol. The Labute approximate surface area is 56.9 Å². The Morgan fingerprint density at radius 3 is 2.00 bits per heavy atom. The van der Waals surface area contributed by atoms with Crippen LogP contribution in [0.3, 0.4) is 0 Å². The van der Waals surface area contributed by atoms with E-state index in [0.29, 0.717) is 0 Å². The van der Waals surface area contributed by atoms with Gasteiger partial charge in [-0.15, -0.1) is 0 Å². The topological polar surface area (TPSA) is 75.9 Å². The normalized spacial score (nSPS) is 7.33. The minimum atomic E-state index is 0.750. The number of unbranched alkanes of at least 4 members (excludes halogenated alkanes) is 2. The lowest BCUT2D eigenvalue weighted by Crippen LogP contribution is -1.96. The predicted octanol–water partition coefficient (Wildman–Crippen LogP) is 0.687. The first kappa shape index (κ1) is 11.3. The lowest BCUT2D eigenvalue weighted by molar-refractivity contribution is 0.727. The van der Waals surface area contributed by atoms with E-state index in [2.05, 4.69) is 12.7 Å². The van der Waals surface area contributed by atoms with Crippen LogP contribution in [-0.4, -0.2) is 12.9 Å². The number of nitrogens with two attached hydrogens (primary N) is 2. The molecule has 0 amide bonds. The van der Waals surface area contributed by atoms with Gasteiger partial charge in [0.25, 0.3) is 0 Å². The van der Waals surface area contributed by atoms with Gasteiger partial charge in [-0.25, -0.2) is 0 Å². The Hall–Kier alpha value is -0.570. The highest BCUT2D eigenvalue weighted by Gasteiger charge is 1.75. The number of rotatable bonds is 3. The van der Waals surface area contributed by atoms with Gasteiger partial charge < -0.3 is 11.5 Å². The van der Waals surface area contributed by atoms with Crippen molar-refractivity contribution in [2.75, 3.05) is 6.54 Å². The van der Waals surface area contributed by atoms with Gasteiger partial charge in [-0.3, -0.25) is 5.41 Å². The fraction of sp³-hybridized carbons (Fsp3) is 0.833. The van der Waals surface area contributed by atoms with Gasteiger partial charge in [0, 0.05) is 0 Å². The van der Waals surface area contributed by atoms with Crippen LogP contribution in [0.1, 0.15) is 26.2 Å². The van der Waals surface area contributed by atoms with E-state index in [1.54, 1.807) is 0 Å². The highest BCUT2D eigenvalue weighted by atomic mass is 14.6. The molecule has 0 aromatic carbocycles. The molecule has 0 aromatic rings. The van der Waals surface area contributed by atoms with Crippen LogP contribution in [0.15, 0.2) is 0 Å². The van der Waals surface area contributed by atoms with Crippen LogP contribution in [0.4, 0.5) is 0 Å². The molecule has 0 spiro atoms. The Balaban J connectivity index is 0. The molecule has 0 rings (SSSR count). The molecule has 0 heterocycles. The first-order valence-corrected chi connectivity index (χ1v) is 3.24. The third-order valence-corrected chi connectivity index (χ3v) is 0.808. The van der Waals surface area contributed by atoms with Gasteiger partial charge in [-0.2, -0.15) is 0 Å². The molecule has 0 aromatic heterocycles. The second-order valence-electron chi connectivity index (χ2n) is 1.66. The largest absolute Gasteiger partial charge is 0.390 e. The molecule has 0 aliphatic carbocycles. The molecule has 3 nitrogen and oxygen atoms in total. The van der Waals surface area contributed by atoms with Crippen molar-refractivity contribution < 1.29 is 0 Å². The molecule has 0 aliphatic heterocycles. The summed E-state index contributed by atoms with van der Waals surface area (Å²) in [5.74, 6) is 0. The zero-order chi connectivity index (χ0) is 7.54. The molecule has 0 aliphatic rings. The van der Waals surface area contributed by atoms with Crippen molar-refractivity contribution in [3.05, 3.63) is 0 Å². The summed E-state index contributed by atoms with van der Waals surface area (Å²) in [6, 6.07) is 0. The molecule has 0 saturated heterocycles. The zero-order valence-corrected chi connectivity index (χ0v) is 6.06. The SMILES string of the molecule is CCCCCN.N=CN. The van der Waals surface area contributed by atoms with Crippen molar-refractivity contribution in [3.63, 3.8) is 0 Å². The Kier molecular flexibility index (Phi) is 19.6. The van der Waals surface area contributed by atoms with E-state index in [-0.39, 0.29) is 0 Å². The first-order chi connectivity index (χ1) is 4.33. The molecule has 5 N–H and O–H groups in total. The number of hydrogen-bond donors (Lipinski definition) is 3. The van der Waals surface area contributed by atoms with Crippen LogP contribution in [-0.2, 0) is 0 Å². The van der Waals surface area contributed by atoms with E-state index < -0.39 is 0 Å². The van der Waals surface area contributed by atoms with Gasteiger partial charge in [0.2, 0.25) is 0 Å². The third-order valence-electron chi connectivity index (χ3n) is 0.808. The average Bonchev–Trinajstić information content (AvgIpc) is 1.86. The van der Waals surface area contributed by atoms with Crippen LogP contribution in [0.5, 0.6) is 0 Å². The highest BCUT2D eigenvalue weighted by molar-refractivity contribution is 5.46. The summed E-state index contributed by atoms with van der Waals surface area (Å²) in [4.78, 5) is 0. The van der Waals surface area contributed by atoms with Gasteiger partial charge in [0.15, 0.2) is 0 Å².